The third-order valence-corrected chi connectivity index (χ3v) is 8.83. The normalized spacial score (nSPS) is 25.2. The molecular formula is C25H26F3N3O7S. The van der Waals surface area contributed by atoms with Crippen LogP contribution in [0.5, 0.6) is 5.75 Å². The maximum Gasteiger partial charge on any atom is 0.573 e. The van der Waals surface area contributed by atoms with Crippen LogP contribution in [-0.2, 0) is 35.7 Å². The summed E-state index contributed by atoms with van der Waals surface area (Å²) in [5, 5.41) is 2.96. The Labute approximate surface area is 222 Å². The van der Waals surface area contributed by atoms with E-state index in [1.54, 1.807) is 30.3 Å². The molecule has 0 radical (unpaired) electrons. The fourth-order valence-electron chi connectivity index (χ4n) is 5.18. The van der Waals surface area contributed by atoms with Crippen molar-refractivity contribution in [3.05, 3.63) is 60.2 Å². The first-order chi connectivity index (χ1) is 18.2. The molecule has 2 aliphatic heterocycles. The van der Waals surface area contributed by atoms with Crippen LogP contribution in [0.4, 0.5) is 13.2 Å². The number of rotatable bonds is 8. The zero-order chi connectivity index (χ0) is 28.8. The third kappa shape index (κ3) is 5.36. The van der Waals surface area contributed by atoms with Gasteiger partial charge in [-0.15, -0.1) is 13.2 Å². The minimum absolute atomic E-state index is 0.0179. The molecule has 210 valence electrons. The second-order valence-electron chi connectivity index (χ2n) is 9.50. The molecule has 2 saturated heterocycles. The van der Waals surface area contributed by atoms with E-state index >= 15 is 0 Å². The molecule has 2 aromatic rings. The van der Waals surface area contributed by atoms with Crippen LogP contribution in [0, 0.1) is 11.8 Å². The third-order valence-electron chi connectivity index (χ3n) is 7.00. The van der Waals surface area contributed by atoms with E-state index in [1.165, 1.54) is 14.0 Å². The lowest BCUT2D eigenvalue weighted by atomic mass is 9.81. The summed E-state index contributed by atoms with van der Waals surface area (Å²) >= 11 is 0. The number of ether oxygens (including phenoxy) is 2. The average molecular weight is 570 g/mol. The Morgan fingerprint density at radius 1 is 1.08 bits per heavy atom. The number of methoxy groups -OCH3 is 1. The van der Waals surface area contributed by atoms with Crippen molar-refractivity contribution < 1.29 is 45.4 Å². The van der Waals surface area contributed by atoms with Crippen LogP contribution in [0.2, 0.25) is 0 Å². The van der Waals surface area contributed by atoms with E-state index in [4.69, 9.17) is 4.74 Å². The first kappa shape index (κ1) is 28.5. The van der Waals surface area contributed by atoms with Crippen molar-refractivity contribution in [2.75, 3.05) is 20.7 Å². The molecule has 39 heavy (non-hydrogen) atoms. The average Bonchev–Trinajstić information content (AvgIpc) is 3.31. The number of likely N-dealkylation sites (N-methyl/N-ethyl adjacent to an activating group) is 1. The Balaban J connectivity index is 1.60. The van der Waals surface area contributed by atoms with E-state index in [1.807, 2.05) is 0 Å². The second-order valence-corrected chi connectivity index (χ2v) is 11.5. The fourth-order valence-corrected chi connectivity index (χ4v) is 6.37. The largest absolute Gasteiger partial charge is 0.573 e. The lowest BCUT2D eigenvalue weighted by molar-refractivity contribution is -0.274. The molecule has 0 aromatic heterocycles. The predicted molar refractivity (Wildman–Crippen MR) is 129 cm³/mol. The van der Waals surface area contributed by atoms with Gasteiger partial charge in [0.05, 0.1) is 30.4 Å². The number of benzene rings is 2. The minimum atomic E-state index is -4.94. The number of fused-ring (bicyclic) bond motifs is 1. The predicted octanol–water partition coefficient (Wildman–Crippen LogP) is 1.91. The summed E-state index contributed by atoms with van der Waals surface area (Å²) in [6.07, 6.45) is -4.94. The van der Waals surface area contributed by atoms with Crippen molar-refractivity contribution in [2.24, 2.45) is 11.8 Å². The van der Waals surface area contributed by atoms with Gasteiger partial charge in [0.2, 0.25) is 21.8 Å². The Morgan fingerprint density at radius 3 is 2.26 bits per heavy atom. The van der Waals surface area contributed by atoms with Crippen molar-refractivity contribution in [2.45, 2.75) is 36.3 Å². The van der Waals surface area contributed by atoms with E-state index in [2.05, 4.69) is 10.1 Å². The first-order valence-corrected chi connectivity index (χ1v) is 13.2. The molecule has 0 unspecified atom stereocenters. The van der Waals surface area contributed by atoms with Crippen LogP contribution in [0.3, 0.4) is 0 Å². The second kappa shape index (κ2) is 10.2. The number of nitrogens with one attached hydrogen (secondary N) is 1. The highest BCUT2D eigenvalue weighted by molar-refractivity contribution is 7.89. The number of sulfonamides is 1. The molecule has 0 aliphatic carbocycles. The van der Waals surface area contributed by atoms with Crippen LogP contribution in [0.25, 0.3) is 0 Å². The molecule has 14 heteroatoms. The number of esters is 1. The van der Waals surface area contributed by atoms with Gasteiger partial charge in [-0.1, -0.05) is 30.3 Å². The van der Waals surface area contributed by atoms with Gasteiger partial charge in [-0.05, 0) is 36.8 Å². The molecule has 0 saturated carbocycles. The Hall–Kier alpha value is -3.49. The number of nitrogens with zero attached hydrogens (tertiary/aromatic N) is 2. The van der Waals surface area contributed by atoms with Gasteiger partial charge in [0.25, 0.3) is 0 Å². The smallest absolute Gasteiger partial charge is 0.468 e. The number of halogens is 3. The van der Waals surface area contributed by atoms with Crippen molar-refractivity contribution >= 4 is 27.8 Å². The Morgan fingerprint density at radius 2 is 1.69 bits per heavy atom. The maximum atomic E-state index is 13.5. The molecule has 2 aromatic carbocycles. The highest BCUT2D eigenvalue weighted by atomic mass is 32.2. The van der Waals surface area contributed by atoms with Crippen molar-refractivity contribution in [1.29, 1.82) is 0 Å². The zero-order valence-corrected chi connectivity index (χ0v) is 22.0. The van der Waals surface area contributed by atoms with Gasteiger partial charge in [0.1, 0.15) is 11.3 Å². The Kier molecular flexibility index (Phi) is 7.49. The molecular weight excluding hydrogens is 543 g/mol. The van der Waals surface area contributed by atoms with E-state index in [0.29, 0.717) is 5.56 Å². The summed E-state index contributed by atoms with van der Waals surface area (Å²) < 4.78 is 73.3. The van der Waals surface area contributed by atoms with E-state index in [9.17, 15) is 36.0 Å². The molecule has 0 spiro atoms. The maximum absolute atomic E-state index is 13.5. The zero-order valence-electron chi connectivity index (χ0n) is 21.1. The van der Waals surface area contributed by atoms with Crippen LogP contribution in [0.15, 0.2) is 59.5 Å². The summed E-state index contributed by atoms with van der Waals surface area (Å²) in [7, 11) is -1.87. The van der Waals surface area contributed by atoms with Crippen LogP contribution in [-0.4, -0.2) is 74.1 Å². The summed E-state index contributed by atoms with van der Waals surface area (Å²) in [6, 6.07) is 11.5. The number of hydrogen-bond acceptors (Lipinski definition) is 8. The van der Waals surface area contributed by atoms with Crippen LogP contribution in [0.1, 0.15) is 12.5 Å². The fraction of sp³-hybridized carbons (Fsp3) is 0.400. The molecule has 2 fully saturated rings. The van der Waals surface area contributed by atoms with E-state index < -0.39 is 63.3 Å². The number of imide groups is 1. The molecule has 1 N–H and O–H groups in total. The molecule has 4 atom stereocenters. The monoisotopic (exact) mass is 569 g/mol. The van der Waals surface area contributed by atoms with Gasteiger partial charge in [0, 0.05) is 19.6 Å². The van der Waals surface area contributed by atoms with Gasteiger partial charge in [-0.25, -0.2) is 8.42 Å². The number of alkyl halides is 3. The number of likely N-dealkylation sites (tertiary alicyclic amines) is 1. The Bertz CT molecular complexity index is 1370. The van der Waals surface area contributed by atoms with Gasteiger partial charge < -0.3 is 9.47 Å². The quantitative estimate of drug-likeness (QED) is 0.378. The molecule has 10 nitrogen and oxygen atoms in total. The van der Waals surface area contributed by atoms with Gasteiger partial charge in [0.15, 0.2) is 0 Å². The first-order valence-electron chi connectivity index (χ1n) is 11.8. The molecule has 2 heterocycles. The molecule has 2 aliphatic rings. The minimum Gasteiger partial charge on any atom is -0.468 e. The van der Waals surface area contributed by atoms with Crippen LogP contribution < -0.4 is 10.1 Å². The summed E-state index contributed by atoms with van der Waals surface area (Å²) in [5.41, 5.74) is -0.912. The number of amides is 2. The van der Waals surface area contributed by atoms with Gasteiger partial charge in [-0.2, -0.15) is 4.31 Å². The SMILES string of the molecule is COC(=O)[C@]1(C)N[C@H](CN(C)S(=O)(=O)c2ccc(OC(F)(F)F)cc2)[C@@H]2C(=O)N(Cc3ccccc3)C(=O)[C@@H]21. The standard InChI is InChI=1S/C25H26F3N3O7S/c1-24(23(34)37-3)20-19(21(32)31(22(20)33)13-15-7-5-4-6-8-15)18(29-24)14-30(2)39(35,36)17-11-9-16(10-12-17)38-25(26,27)28/h4-12,18-20,29H,13-14H2,1-3H3/t18-,19+,20-,24-/m1/s1. The van der Waals surface area contributed by atoms with Crippen molar-refractivity contribution in [3.8, 4) is 5.75 Å². The van der Waals surface area contributed by atoms with Crippen molar-refractivity contribution in [3.63, 3.8) is 0 Å². The van der Waals surface area contributed by atoms with E-state index in [0.717, 1.165) is 40.6 Å². The summed E-state index contributed by atoms with van der Waals surface area (Å²) in [6.45, 7) is 1.09. The van der Waals surface area contributed by atoms with Crippen molar-refractivity contribution in [1.82, 2.24) is 14.5 Å². The summed E-state index contributed by atoms with van der Waals surface area (Å²) in [5.74, 6) is -4.71. The van der Waals surface area contributed by atoms with Gasteiger partial charge in [-0.3, -0.25) is 24.6 Å². The van der Waals surface area contributed by atoms with Gasteiger partial charge >= 0.3 is 12.3 Å². The summed E-state index contributed by atoms with van der Waals surface area (Å²) in [4.78, 5) is 40.5. The number of carbonyl (C=O) groups is 3. The lowest BCUT2D eigenvalue weighted by Crippen LogP contribution is -2.56. The highest BCUT2D eigenvalue weighted by Gasteiger charge is 2.66. The number of hydrogen-bond donors (Lipinski definition) is 1. The highest BCUT2D eigenvalue weighted by Crippen LogP contribution is 2.44. The topological polar surface area (TPSA) is 122 Å². The lowest BCUT2D eigenvalue weighted by Gasteiger charge is -2.29. The molecule has 4 rings (SSSR count). The van der Waals surface area contributed by atoms with E-state index in [-0.39, 0.29) is 18.0 Å². The van der Waals surface area contributed by atoms with Crippen LogP contribution >= 0.6 is 0 Å². The number of carbonyl (C=O) groups excluding carboxylic acids is 3. The molecule has 0 bridgehead atoms. The molecule has 2 amide bonds.